The molecule has 1 aliphatic heterocycles. The van der Waals surface area contributed by atoms with Gasteiger partial charge >= 0.3 is 0 Å². The van der Waals surface area contributed by atoms with Crippen LogP contribution in [0.2, 0.25) is 0 Å². The zero-order chi connectivity index (χ0) is 45.0. The van der Waals surface area contributed by atoms with E-state index in [0.717, 1.165) is 91.7 Å². The molecular weight excluding hydrogens is 821 g/mol. The average molecular weight is 867 g/mol. The van der Waals surface area contributed by atoms with Crippen LogP contribution in [0.25, 0.3) is 86.2 Å². The molecule has 4 heteroatoms. The molecule has 0 spiro atoms. The van der Waals surface area contributed by atoms with Crippen LogP contribution in [0.1, 0.15) is 34.7 Å². The van der Waals surface area contributed by atoms with Gasteiger partial charge in [0.2, 0.25) is 0 Å². The molecule has 4 atom stereocenters. The monoisotopic (exact) mass is 866 g/mol. The van der Waals surface area contributed by atoms with E-state index < -0.39 is 29.7 Å². The Bertz CT molecular complexity index is 3870. The quantitative estimate of drug-likeness (QED) is 0.164. The molecular formula is C63H46O4. The molecule has 1 aliphatic rings. The highest BCUT2D eigenvalue weighted by Crippen LogP contribution is 2.54. The third-order valence-electron chi connectivity index (χ3n) is 14.9. The highest BCUT2D eigenvalue weighted by atomic mass is 16.7. The summed E-state index contributed by atoms with van der Waals surface area (Å²) in [6, 6.07) is 73.4. The maximum Gasteiger partial charge on any atom is 0.156 e. The van der Waals surface area contributed by atoms with Crippen LogP contribution in [0.3, 0.4) is 0 Å². The van der Waals surface area contributed by atoms with Crippen molar-refractivity contribution in [2.24, 2.45) is 0 Å². The maximum atomic E-state index is 14.9. The Hall–Kier alpha value is -7.44. The van der Waals surface area contributed by atoms with Crippen molar-refractivity contribution < 1.29 is 19.7 Å². The van der Waals surface area contributed by atoms with Gasteiger partial charge in [-0.05, 0) is 122 Å². The minimum atomic E-state index is -1.91. The van der Waals surface area contributed by atoms with Crippen molar-refractivity contribution in [2.75, 3.05) is 0 Å². The van der Waals surface area contributed by atoms with Crippen LogP contribution < -0.4 is 0 Å². The summed E-state index contributed by atoms with van der Waals surface area (Å²) in [5.41, 5.74) is -0.225. The third kappa shape index (κ3) is 5.81. The van der Waals surface area contributed by atoms with Crippen LogP contribution in [0.15, 0.2) is 212 Å². The summed E-state index contributed by atoms with van der Waals surface area (Å²) in [6.07, 6.45) is -3.13. The second kappa shape index (κ2) is 15.0. The molecule has 4 nitrogen and oxygen atoms in total. The first-order chi connectivity index (χ1) is 32.8. The van der Waals surface area contributed by atoms with E-state index in [2.05, 4.69) is 183 Å². The Balaban J connectivity index is 1.16. The Labute approximate surface area is 387 Å². The Morgan fingerprint density at radius 2 is 0.627 bits per heavy atom. The largest absolute Gasteiger partial charge is 0.377 e. The number of ether oxygens (including phenoxy) is 2. The second-order valence-electron chi connectivity index (χ2n) is 18.4. The van der Waals surface area contributed by atoms with Crippen LogP contribution in [0.5, 0.6) is 0 Å². The van der Waals surface area contributed by atoms with Crippen molar-refractivity contribution in [3.8, 4) is 0 Å². The zero-order valence-corrected chi connectivity index (χ0v) is 37.2. The molecule has 13 rings (SSSR count). The third-order valence-corrected chi connectivity index (χ3v) is 14.9. The molecule has 0 aromatic heterocycles. The summed E-state index contributed by atoms with van der Waals surface area (Å²) >= 11 is 0. The average Bonchev–Trinajstić information content (AvgIpc) is 3.79. The molecule has 0 amide bonds. The molecule has 0 saturated carbocycles. The summed E-state index contributed by atoms with van der Waals surface area (Å²) in [6.45, 7) is 3.95. The molecule has 12 aromatic rings. The van der Waals surface area contributed by atoms with Crippen molar-refractivity contribution in [3.63, 3.8) is 0 Å². The van der Waals surface area contributed by atoms with Gasteiger partial charge in [-0.1, -0.05) is 212 Å². The number of rotatable bonds is 6. The SMILES string of the molecule is Cc1ccc2c(ccc3ccccc32)c1[C@](O)(c1cccc2c1ccc1ccccc12)C1O[C@H](C)OC1C(O)(c1cccc2c1ccc1ccccc12)c1cccc2c1ccc1ccccc12. The normalized spacial score (nSPS) is 17.7. The van der Waals surface area contributed by atoms with Crippen LogP contribution in [0.4, 0.5) is 0 Å². The number of fused-ring (bicyclic) bond motifs is 12. The van der Waals surface area contributed by atoms with E-state index in [1.807, 2.05) is 43.3 Å². The van der Waals surface area contributed by atoms with Crippen molar-refractivity contribution in [1.29, 1.82) is 0 Å². The van der Waals surface area contributed by atoms with Gasteiger partial charge in [-0.3, -0.25) is 0 Å². The first-order valence-corrected chi connectivity index (χ1v) is 23.2. The van der Waals surface area contributed by atoms with Gasteiger partial charge in [-0.15, -0.1) is 0 Å². The Kier molecular flexibility index (Phi) is 8.96. The van der Waals surface area contributed by atoms with E-state index in [1.165, 1.54) is 0 Å². The zero-order valence-electron chi connectivity index (χ0n) is 37.2. The first-order valence-electron chi connectivity index (χ1n) is 23.2. The number of benzene rings is 12. The molecule has 2 unspecified atom stereocenters. The maximum absolute atomic E-state index is 14.9. The molecule has 67 heavy (non-hydrogen) atoms. The topological polar surface area (TPSA) is 58.9 Å². The van der Waals surface area contributed by atoms with E-state index in [1.54, 1.807) is 0 Å². The van der Waals surface area contributed by atoms with Gasteiger partial charge < -0.3 is 19.7 Å². The summed E-state index contributed by atoms with van der Waals surface area (Å²) in [5, 5.41) is 46.1. The molecule has 2 N–H and O–H groups in total. The molecule has 0 aliphatic carbocycles. The fraction of sp³-hybridized carbons (Fsp3) is 0.111. The van der Waals surface area contributed by atoms with E-state index in [9.17, 15) is 10.2 Å². The standard InChI is InChI=1S/C63H46O4/c1-38-28-33-51-47-21-10-6-17-43(47)32-37-55(51)59(38)63(65,58-27-13-24-50-46-20-9-5-16-42(46)31-36-54(50)58)61-60(66-39(2)67-61)62(64,56-25-11-22-48-44-18-7-3-14-40(44)29-34-52(48)56)57-26-12-23-49-45-19-8-4-15-41(45)30-35-53(49)57/h3-37,39,60-61,64-65H,1-2H3/t39-,60?,61?,63-/m1/s1. The molecule has 0 bridgehead atoms. The number of aliphatic hydroxyl groups is 2. The number of aryl methyl sites for hydroxylation is 1. The lowest BCUT2D eigenvalue weighted by atomic mass is 9.68. The van der Waals surface area contributed by atoms with E-state index in [0.29, 0.717) is 22.3 Å². The smallest absolute Gasteiger partial charge is 0.156 e. The van der Waals surface area contributed by atoms with Crippen molar-refractivity contribution in [1.82, 2.24) is 0 Å². The predicted molar refractivity (Wildman–Crippen MR) is 276 cm³/mol. The fourth-order valence-corrected chi connectivity index (χ4v) is 11.9. The van der Waals surface area contributed by atoms with Crippen molar-refractivity contribution >= 4 is 86.2 Å². The number of hydrogen-bond acceptors (Lipinski definition) is 4. The van der Waals surface area contributed by atoms with Gasteiger partial charge in [0, 0.05) is 5.56 Å². The fourth-order valence-electron chi connectivity index (χ4n) is 11.9. The van der Waals surface area contributed by atoms with Gasteiger partial charge in [0.25, 0.3) is 0 Å². The van der Waals surface area contributed by atoms with Crippen LogP contribution in [-0.2, 0) is 20.7 Å². The van der Waals surface area contributed by atoms with Crippen LogP contribution in [-0.4, -0.2) is 28.7 Å². The predicted octanol–water partition coefficient (Wildman–Crippen LogP) is 14.5. The van der Waals surface area contributed by atoms with E-state index >= 15 is 0 Å². The molecule has 1 heterocycles. The Morgan fingerprint density at radius 3 is 1.04 bits per heavy atom. The highest BCUT2D eigenvalue weighted by Gasteiger charge is 2.60. The minimum absolute atomic E-state index is 0.663. The van der Waals surface area contributed by atoms with Crippen LogP contribution in [0, 0.1) is 6.92 Å². The summed E-state index contributed by atoms with van der Waals surface area (Å²) in [4.78, 5) is 0. The van der Waals surface area contributed by atoms with E-state index in [-0.39, 0.29) is 0 Å². The summed E-state index contributed by atoms with van der Waals surface area (Å²) in [7, 11) is 0. The molecule has 0 radical (unpaired) electrons. The molecule has 1 fully saturated rings. The minimum Gasteiger partial charge on any atom is -0.377 e. The van der Waals surface area contributed by atoms with Gasteiger partial charge in [0.15, 0.2) is 6.29 Å². The van der Waals surface area contributed by atoms with Crippen LogP contribution >= 0.6 is 0 Å². The highest BCUT2D eigenvalue weighted by molar-refractivity contribution is 6.13. The molecule has 1 saturated heterocycles. The lowest BCUT2D eigenvalue weighted by molar-refractivity contribution is -0.108. The van der Waals surface area contributed by atoms with Crippen molar-refractivity contribution in [3.05, 3.63) is 240 Å². The van der Waals surface area contributed by atoms with Crippen molar-refractivity contribution in [2.45, 2.75) is 43.5 Å². The lowest BCUT2D eigenvalue weighted by Crippen LogP contribution is -2.55. The number of hydrogen-bond donors (Lipinski definition) is 2. The summed E-state index contributed by atoms with van der Waals surface area (Å²) < 4.78 is 14.4. The molecule has 12 aromatic carbocycles. The first kappa shape index (κ1) is 39.9. The molecule has 322 valence electrons. The Morgan fingerprint density at radius 1 is 0.313 bits per heavy atom. The lowest BCUT2D eigenvalue weighted by Gasteiger charge is -2.44. The van der Waals surface area contributed by atoms with E-state index in [4.69, 9.17) is 9.47 Å². The van der Waals surface area contributed by atoms with Gasteiger partial charge in [0.05, 0.1) is 0 Å². The van der Waals surface area contributed by atoms with Gasteiger partial charge in [0.1, 0.15) is 23.4 Å². The second-order valence-corrected chi connectivity index (χ2v) is 18.4. The van der Waals surface area contributed by atoms with Gasteiger partial charge in [-0.25, -0.2) is 0 Å². The summed E-state index contributed by atoms with van der Waals surface area (Å²) in [5.74, 6) is 0. The van der Waals surface area contributed by atoms with Gasteiger partial charge in [-0.2, -0.15) is 0 Å².